The van der Waals surface area contributed by atoms with Crippen LogP contribution in [0.4, 0.5) is 0 Å². The van der Waals surface area contributed by atoms with Gasteiger partial charge in [-0.15, -0.1) is 0 Å². The molecule has 0 aromatic carbocycles. The Morgan fingerprint density at radius 3 is 2.75 bits per heavy atom. The van der Waals surface area contributed by atoms with Gasteiger partial charge in [-0.1, -0.05) is 11.6 Å². The highest BCUT2D eigenvalue weighted by atomic mass is 35.5. The van der Waals surface area contributed by atoms with E-state index in [9.17, 15) is 0 Å². The zero-order valence-corrected chi connectivity index (χ0v) is 12.0. The Balaban J connectivity index is 1.80. The molecule has 1 saturated carbocycles. The molecule has 0 unspecified atom stereocenters. The van der Waals surface area contributed by atoms with Crippen molar-refractivity contribution in [3.8, 4) is 16.9 Å². The largest absolute Gasteiger partial charge is 0.490 e. The van der Waals surface area contributed by atoms with Gasteiger partial charge in [-0.3, -0.25) is 4.98 Å². The molecule has 0 aliphatic heterocycles. The van der Waals surface area contributed by atoms with Crippen LogP contribution in [-0.4, -0.2) is 29.2 Å². The molecule has 3 rings (SSSR count). The SMILES string of the molecule is CNC1(COc2cnc(Cl)c(-c3ccncc3)c2)CC1. The third-order valence-corrected chi connectivity index (χ3v) is 4.01. The van der Waals surface area contributed by atoms with Crippen molar-refractivity contribution < 1.29 is 4.74 Å². The Kier molecular flexibility index (Phi) is 3.59. The number of nitrogens with one attached hydrogen (secondary N) is 1. The quantitative estimate of drug-likeness (QED) is 0.860. The summed E-state index contributed by atoms with van der Waals surface area (Å²) in [6.45, 7) is 0.655. The minimum absolute atomic E-state index is 0.149. The topological polar surface area (TPSA) is 47.0 Å². The van der Waals surface area contributed by atoms with E-state index < -0.39 is 0 Å². The number of halogens is 1. The first-order chi connectivity index (χ1) is 9.72. The Morgan fingerprint density at radius 2 is 2.10 bits per heavy atom. The van der Waals surface area contributed by atoms with E-state index in [-0.39, 0.29) is 5.54 Å². The number of hydrogen-bond donors (Lipinski definition) is 1. The van der Waals surface area contributed by atoms with Crippen LogP contribution in [0.5, 0.6) is 5.75 Å². The van der Waals surface area contributed by atoms with Crippen LogP contribution in [0.25, 0.3) is 11.1 Å². The van der Waals surface area contributed by atoms with Crippen molar-refractivity contribution in [3.63, 3.8) is 0 Å². The Hall–Kier alpha value is -1.65. The lowest BCUT2D eigenvalue weighted by Crippen LogP contribution is -2.33. The zero-order chi connectivity index (χ0) is 14.0. The van der Waals surface area contributed by atoms with Crippen molar-refractivity contribution in [2.45, 2.75) is 18.4 Å². The first-order valence-corrected chi connectivity index (χ1v) is 6.98. The molecule has 2 aromatic rings. The van der Waals surface area contributed by atoms with Crippen molar-refractivity contribution in [3.05, 3.63) is 41.9 Å². The molecule has 1 aliphatic carbocycles. The molecule has 1 N–H and O–H groups in total. The van der Waals surface area contributed by atoms with Crippen molar-refractivity contribution in [1.82, 2.24) is 15.3 Å². The summed E-state index contributed by atoms with van der Waals surface area (Å²) in [4.78, 5) is 8.21. The second-order valence-corrected chi connectivity index (χ2v) is 5.42. The molecule has 2 heterocycles. The van der Waals surface area contributed by atoms with Gasteiger partial charge in [0.05, 0.1) is 11.7 Å². The first-order valence-electron chi connectivity index (χ1n) is 6.60. The van der Waals surface area contributed by atoms with Crippen molar-refractivity contribution in [2.75, 3.05) is 13.7 Å². The number of aromatic nitrogens is 2. The predicted molar refractivity (Wildman–Crippen MR) is 79.0 cm³/mol. The summed E-state index contributed by atoms with van der Waals surface area (Å²) in [6.07, 6.45) is 7.45. The number of likely N-dealkylation sites (N-methyl/N-ethyl adjacent to an activating group) is 1. The van der Waals surface area contributed by atoms with E-state index in [1.165, 1.54) is 0 Å². The highest BCUT2D eigenvalue weighted by Gasteiger charge is 2.41. The van der Waals surface area contributed by atoms with Crippen LogP contribution >= 0.6 is 11.6 Å². The van der Waals surface area contributed by atoms with E-state index in [0.717, 1.165) is 29.7 Å². The summed E-state index contributed by atoms with van der Waals surface area (Å²) >= 11 is 6.16. The minimum atomic E-state index is 0.149. The highest BCUT2D eigenvalue weighted by Crippen LogP contribution is 2.36. The van der Waals surface area contributed by atoms with Crippen molar-refractivity contribution in [2.24, 2.45) is 0 Å². The highest BCUT2D eigenvalue weighted by molar-refractivity contribution is 6.32. The maximum atomic E-state index is 6.16. The zero-order valence-electron chi connectivity index (χ0n) is 11.3. The lowest BCUT2D eigenvalue weighted by atomic mass is 10.1. The molecule has 5 heteroatoms. The molecule has 0 bridgehead atoms. The number of rotatable bonds is 5. The summed E-state index contributed by atoms with van der Waals surface area (Å²) in [7, 11) is 1.97. The van der Waals surface area contributed by atoms with E-state index >= 15 is 0 Å². The molecule has 0 radical (unpaired) electrons. The molecular weight excluding hydrogens is 274 g/mol. The maximum Gasteiger partial charge on any atom is 0.138 e. The summed E-state index contributed by atoms with van der Waals surface area (Å²) in [6, 6.07) is 5.74. The molecule has 1 fully saturated rings. The van der Waals surface area contributed by atoms with Gasteiger partial charge in [0, 0.05) is 18.0 Å². The fourth-order valence-corrected chi connectivity index (χ4v) is 2.29. The third-order valence-electron chi connectivity index (χ3n) is 3.70. The molecule has 20 heavy (non-hydrogen) atoms. The normalized spacial score (nSPS) is 15.9. The molecule has 1 aliphatic rings. The van der Waals surface area contributed by atoms with Gasteiger partial charge in [-0.25, -0.2) is 4.98 Å². The lowest BCUT2D eigenvalue weighted by molar-refractivity contribution is 0.259. The fourth-order valence-electron chi connectivity index (χ4n) is 2.08. The average molecular weight is 290 g/mol. The molecule has 4 nitrogen and oxygen atoms in total. The van der Waals surface area contributed by atoms with Crippen LogP contribution in [0.15, 0.2) is 36.8 Å². The molecule has 0 atom stereocenters. The molecule has 2 aromatic heterocycles. The van der Waals surface area contributed by atoms with E-state index in [0.29, 0.717) is 11.8 Å². The lowest BCUT2D eigenvalue weighted by Gasteiger charge is -2.15. The van der Waals surface area contributed by atoms with Gasteiger partial charge in [-0.05, 0) is 43.7 Å². The van der Waals surface area contributed by atoms with Gasteiger partial charge < -0.3 is 10.1 Å². The van der Waals surface area contributed by atoms with E-state index in [1.807, 2.05) is 25.2 Å². The van der Waals surface area contributed by atoms with Crippen LogP contribution in [0.3, 0.4) is 0 Å². The van der Waals surface area contributed by atoms with Crippen molar-refractivity contribution in [1.29, 1.82) is 0 Å². The average Bonchev–Trinajstić information content (AvgIpc) is 3.28. The molecule has 104 valence electrons. The van der Waals surface area contributed by atoms with Crippen LogP contribution in [0.2, 0.25) is 5.15 Å². The Morgan fingerprint density at radius 1 is 1.35 bits per heavy atom. The molecule has 0 saturated heterocycles. The predicted octanol–water partition coefficient (Wildman–Crippen LogP) is 2.93. The smallest absolute Gasteiger partial charge is 0.138 e. The van der Waals surface area contributed by atoms with Crippen LogP contribution in [-0.2, 0) is 0 Å². The van der Waals surface area contributed by atoms with Gasteiger partial charge in [0.25, 0.3) is 0 Å². The summed E-state index contributed by atoms with van der Waals surface area (Å²) in [5, 5.41) is 3.77. The van der Waals surface area contributed by atoms with Crippen molar-refractivity contribution >= 4 is 11.6 Å². The van der Waals surface area contributed by atoms with Gasteiger partial charge >= 0.3 is 0 Å². The van der Waals surface area contributed by atoms with E-state index in [2.05, 4.69) is 15.3 Å². The third kappa shape index (κ3) is 2.76. The van der Waals surface area contributed by atoms with Gasteiger partial charge in [0.1, 0.15) is 17.5 Å². The minimum Gasteiger partial charge on any atom is -0.490 e. The standard InChI is InChI=1S/C15H16ClN3O/c1-17-15(4-5-15)10-20-12-8-13(14(16)19-9-12)11-2-6-18-7-3-11/h2-3,6-9,17H,4-5,10H2,1H3. The van der Waals surface area contributed by atoms with E-state index in [4.69, 9.17) is 16.3 Å². The second-order valence-electron chi connectivity index (χ2n) is 5.06. The van der Waals surface area contributed by atoms with Gasteiger partial charge in [0.2, 0.25) is 0 Å². The van der Waals surface area contributed by atoms with Crippen LogP contribution < -0.4 is 10.1 Å². The van der Waals surface area contributed by atoms with E-state index in [1.54, 1.807) is 18.6 Å². The van der Waals surface area contributed by atoms with Gasteiger partial charge in [0.15, 0.2) is 0 Å². The first kappa shape index (κ1) is 13.3. The second kappa shape index (κ2) is 5.38. The molecule has 0 spiro atoms. The fraction of sp³-hybridized carbons (Fsp3) is 0.333. The number of hydrogen-bond acceptors (Lipinski definition) is 4. The number of nitrogens with zero attached hydrogens (tertiary/aromatic N) is 2. The maximum absolute atomic E-state index is 6.16. The monoisotopic (exact) mass is 289 g/mol. The summed E-state index contributed by atoms with van der Waals surface area (Å²) in [5.74, 6) is 0.739. The van der Waals surface area contributed by atoms with Crippen LogP contribution in [0, 0.1) is 0 Å². The molecule has 0 amide bonds. The number of pyridine rings is 2. The van der Waals surface area contributed by atoms with Crippen LogP contribution in [0.1, 0.15) is 12.8 Å². The summed E-state index contributed by atoms with van der Waals surface area (Å²) < 4.78 is 5.84. The van der Waals surface area contributed by atoms with Gasteiger partial charge in [-0.2, -0.15) is 0 Å². The summed E-state index contributed by atoms with van der Waals surface area (Å²) in [5.41, 5.74) is 2.00. The Bertz CT molecular complexity index is 599. The number of ether oxygens (including phenoxy) is 1. The Labute approximate surface area is 123 Å². The molecular formula is C15H16ClN3O.